The van der Waals surface area contributed by atoms with Gasteiger partial charge in [-0.2, -0.15) is 0 Å². The van der Waals surface area contributed by atoms with Crippen LogP contribution in [-0.2, 0) is 0 Å². The fourth-order valence-corrected chi connectivity index (χ4v) is 2.23. The highest BCUT2D eigenvalue weighted by molar-refractivity contribution is 6.00. The van der Waals surface area contributed by atoms with Crippen molar-refractivity contribution < 1.29 is 35.1 Å². The van der Waals surface area contributed by atoms with Crippen LogP contribution in [0.15, 0.2) is 12.1 Å². The molecule has 8 heteroatoms. The van der Waals surface area contributed by atoms with Gasteiger partial charge in [0.2, 0.25) is 0 Å². The maximum absolute atomic E-state index is 14.2. The molecule has 3 rings (SSSR count). The maximum Gasteiger partial charge on any atom is 0.198 e. The lowest BCUT2D eigenvalue weighted by molar-refractivity contribution is 0.416. The Labute approximate surface area is 116 Å². The Kier molecular flexibility index (Phi) is 3.01. The molecule has 0 aliphatic heterocycles. The Morgan fingerprint density at radius 1 is 0.455 bits per heavy atom. The number of benzene rings is 3. The molecular weight excluding hydrogens is 320 g/mol. The van der Waals surface area contributed by atoms with E-state index in [1.807, 2.05) is 0 Å². The van der Waals surface area contributed by atoms with Crippen LogP contribution in [0, 0.1) is 46.5 Å². The first-order valence-corrected chi connectivity index (χ1v) is 5.67. The van der Waals surface area contributed by atoms with Crippen LogP contribution in [0.2, 0.25) is 0 Å². The van der Waals surface area contributed by atoms with Crippen LogP contribution in [-0.4, -0.2) is 0 Å². The van der Waals surface area contributed by atoms with Crippen LogP contribution in [0.25, 0.3) is 21.5 Å². The van der Waals surface area contributed by atoms with Gasteiger partial charge in [0.05, 0.1) is 10.8 Å². The Balaban J connectivity index is 2.68. The molecule has 0 heterocycles. The quantitative estimate of drug-likeness (QED) is 0.234. The summed E-state index contributed by atoms with van der Waals surface area (Å²) in [6.07, 6.45) is 0. The third-order valence-electron chi connectivity index (χ3n) is 3.24. The molecule has 3 aromatic rings. The number of hydrogen-bond donors (Lipinski definition) is 0. The molecule has 0 fully saturated rings. The van der Waals surface area contributed by atoms with Gasteiger partial charge in [0.25, 0.3) is 0 Å². The van der Waals surface area contributed by atoms with Crippen LogP contribution in [0.1, 0.15) is 0 Å². The molecule has 114 valence electrons. The lowest BCUT2D eigenvalue weighted by Gasteiger charge is -2.10. The summed E-state index contributed by atoms with van der Waals surface area (Å²) in [4.78, 5) is 0. The molecule has 0 saturated carbocycles. The molecule has 3 aromatic carbocycles. The topological polar surface area (TPSA) is 0 Å². The van der Waals surface area contributed by atoms with Crippen molar-refractivity contribution in [2.45, 2.75) is 0 Å². The second-order valence-corrected chi connectivity index (χ2v) is 4.45. The molecule has 0 radical (unpaired) electrons. The van der Waals surface area contributed by atoms with Crippen LogP contribution in [0.5, 0.6) is 0 Å². The van der Waals surface area contributed by atoms with Crippen molar-refractivity contribution in [1.29, 1.82) is 0 Å². The molecule has 0 atom stereocenters. The smallest absolute Gasteiger partial charge is 0.198 e. The monoisotopic (exact) mass is 322 g/mol. The van der Waals surface area contributed by atoms with Crippen molar-refractivity contribution in [2.24, 2.45) is 0 Å². The fraction of sp³-hybridized carbons (Fsp3) is 0. The highest BCUT2D eigenvalue weighted by Crippen LogP contribution is 2.35. The molecule has 0 unspecified atom stereocenters. The summed E-state index contributed by atoms with van der Waals surface area (Å²) >= 11 is 0. The first-order chi connectivity index (χ1) is 10.3. The molecule has 0 nitrogen and oxygen atoms in total. The largest absolute Gasteiger partial charge is 0.205 e. The lowest BCUT2D eigenvalue weighted by Crippen LogP contribution is -2.02. The van der Waals surface area contributed by atoms with Crippen molar-refractivity contribution in [3.8, 4) is 0 Å². The van der Waals surface area contributed by atoms with Gasteiger partial charge in [-0.3, -0.25) is 0 Å². The normalized spacial score (nSPS) is 11.6. The Bertz CT molecular complexity index is 961. The number of halogens is 8. The van der Waals surface area contributed by atoms with E-state index < -0.39 is 68.1 Å². The van der Waals surface area contributed by atoms with E-state index in [4.69, 9.17) is 0 Å². The molecule has 0 aliphatic carbocycles. The zero-order chi connectivity index (χ0) is 16.3. The van der Waals surface area contributed by atoms with Gasteiger partial charge >= 0.3 is 0 Å². The van der Waals surface area contributed by atoms with Gasteiger partial charge in [-0.15, -0.1) is 0 Å². The molecule has 0 N–H and O–H groups in total. The summed E-state index contributed by atoms with van der Waals surface area (Å²) in [7, 11) is 0. The lowest BCUT2D eigenvalue weighted by atomic mass is 10.0. The van der Waals surface area contributed by atoms with E-state index >= 15 is 0 Å². The Morgan fingerprint density at radius 3 is 1.64 bits per heavy atom. The van der Waals surface area contributed by atoms with Crippen molar-refractivity contribution in [3.63, 3.8) is 0 Å². The van der Waals surface area contributed by atoms with E-state index in [0.717, 1.165) is 0 Å². The third-order valence-corrected chi connectivity index (χ3v) is 3.24. The Morgan fingerprint density at radius 2 is 1.00 bits per heavy atom. The van der Waals surface area contributed by atoms with Gasteiger partial charge in [0.15, 0.2) is 40.7 Å². The summed E-state index contributed by atoms with van der Waals surface area (Å²) in [5.74, 6) is -16.1. The molecular formula is C14H2F8. The minimum absolute atomic E-state index is 0.328. The molecule has 0 amide bonds. The van der Waals surface area contributed by atoms with Gasteiger partial charge in [-0.1, -0.05) is 0 Å². The average Bonchev–Trinajstić information content (AvgIpc) is 2.48. The standard InChI is InChI=1S/C14H2F8/c15-5-2-3-1-4-7(10(18)6(3)11(19)9(5)17)12(20)14(22)13(21)8(4)16/h1-2H. The first-order valence-electron chi connectivity index (χ1n) is 5.67. The van der Waals surface area contributed by atoms with E-state index in [-0.39, 0.29) is 0 Å². The molecule has 0 bridgehead atoms. The fourth-order valence-electron chi connectivity index (χ4n) is 2.23. The third kappa shape index (κ3) is 1.69. The summed E-state index contributed by atoms with van der Waals surface area (Å²) in [6, 6.07) is 0.829. The predicted octanol–water partition coefficient (Wildman–Crippen LogP) is 5.11. The second kappa shape index (κ2) is 4.56. The van der Waals surface area contributed by atoms with Gasteiger partial charge in [0, 0.05) is 5.39 Å². The number of hydrogen-bond acceptors (Lipinski definition) is 0. The zero-order valence-corrected chi connectivity index (χ0v) is 10.2. The van der Waals surface area contributed by atoms with E-state index in [1.165, 1.54) is 0 Å². The maximum atomic E-state index is 14.2. The highest BCUT2D eigenvalue weighted by atomic mass is 19.2. The van der Waals surface area contributed by atoms with Gasteiger partial charge in [-0.05, 0) is 17.5 Å². The number of fused-ring (bicyclic) bond motifs is 2. The molecule has 0 saturated heterocycles. The van der Waals surface area contributed by atoms with Crippen molar-refractivity contribution in [1.82, 2.24) is 0 Å². The van der Waals surface area contributed by atoms with E-state index in [1.54, 1.807) is 0 Å². The molecule has 22 heavy (non-hydrogen) atoms. The van der Waals surface area contributed by atoms with Crippen LogP contribution < -0.4 is 0 Å². The molecule has 0 aliphatic rings. The van der Waals surface area contributed by atoms with Crippen molar-refractivity contribution in [3.05, 3.63) is 58.7 Å². The molecule has 0 spiro atoms. The van der Waals surface area contributed by atoms with Gasteiger partial charge in [0.1, 0.15) is 5.82 Å². The average molecular weight is 322 g/mol. The summed E-state index contributed by atoms with van der Waals surface area (Å²) in [6.45, 7) is 0. The second-order valence-electron chi connectivity index (χ2n) is 4.45. The van der Waals surface area contributed by atoms with Gasteiger partial charge in [-0.25, -0.2) is 35.1 Å². The Hall–Kier alpha value is -2.38. The zero-order valence-electron chi connectivity index (χ0n) is 10.2. The SMILES string of the molecule is Fc1cc2cc3c(F)c(F)c(F)c(F)c3c(F)c2c(F)c1F. The minimum atomic E-state index is -2.30. The van der Waals surface area contributed by atoms with Crippen molar-refractivity contribution in [2.75, 3.05) is 0 Å². The highest BCUT2D eigenvalue weighted by Gasteiger charge is 2.26. The number of rotatable bonds is 0. The van der Waals surface area contributed by atoms with E-state index in [2.05, 4.69) is 0 Å². The van der Waals surface area contributed by atoms with Crippen LogP contribution in [0.3, 0.4) is 0 Å². The summed E-state index contributed by atoms with van der Waals surface area (Å²) < 4.78 is 108. The van der Waals surface area contributed by atoms with Gasteiger partial charge < -0.3 is 0 Å². The molecule has 0 aromatic heterocycles. The van der Waals surface area contributed by atoms with Crippen LogP contribution in [0.4, 0.5) is 35.1 Å². The first kappa shape index (κ1) is 14.6. The minimum Gasteiger partial charge on any atom is -0.205 e. The predicted molar refractivity (Wildman–Crippen MR) is 61.1 cm³/mol. The summed E-state index contributed by atoms with van der Waals surface area (Å²) in [5.41, 5.74) is 0. The van der Waals surface area contributed by atoms with E-state index in [9.17, 15) is 35.1 Å². The van der Waals surface area contributed by atoms with Crippen LogP contribution >= 0.6 is 0 Å². The van der Waals surface area contributed by atoms with E-state index in [0.29, 0.717) is 12.1 Å². The summed E-state index contributed by atoms with van der Waals surface area (Å²) in [5, 5.41) is -4.33. The van der Waals surface area contributed by atoms with Crippen molar-refractivity contribution >= 4 is 21.5 Å².